The van der Waals surface area contributed by atoms with E-state index in [9.17, 15) is 4.79 Å². The number of hydrogen-bond acceptors (Lipinski definition) is 7. The van der Waals surface area contributed by atoms with Gasteiger partial charge in [0.2, 0.25) is 0 Å². The van der Waals surface area contributed by atoms with Crippen LogP contribution in [0.3, 0.4) is 0 Å². The van der Waals surface area contributed by atoms with Gasteiger partial charge in [0.15, 0.2) is 11.0 Å². The zero-order chi connectivity index (χ0) is 23.6. The molecule has 0 radical (unpaired) electrons. The van der Waals surface area contributed by atoms with E-state index in [1.54, 1.807) is 18.1 Å². The van der Waals surface area contributed by atoms with Crippen LogP contribution in [-0.2, 0) is 9.47 Å². The number of aromatic nitrogens is 2. The molecule has 0 aliphatic carbocycles. The van der Waals surface area contributed by atoms with E-state index in [0.717, 1.165) is 5.75 Å². The first-order valence-electron chi connectivity index (χ1n) is 10.3. The molecule has 11 heteroatoms. The Hall–Kier alpha value is -1.36. The van der Waals surface area contributed by atoms with Crippen molar-refractivity contribution in [1.29, 1.82) is 0 Å². The summed E-state index contributed by atoms with van der Waals surface area (Å²) in [5.41, 5.74) is -0.380. The molecule has 3 rings (SSSR count). The smallest absolute Gasteiger partial charge is 0.410 e. The largest absolute Gasteiger partial charge is 0.444 e. The van der Waals surface area contributed by atoms with Crippen molar-refractivity contribution in [3.63, 3.8) is 0 Å². The lowest BCUT2D eigenvalue weighted by Gasteiger charge is -2.42. The Bertz CT molecular complexity index is 1010. The highest BCUT2D eigenvalue weighted by molar-refractivity contribution is 9.10. The Morgan fingerprint density at radius 1 is 1.38 bits per heavy atom. The molecule has 1 aliphatic rings. The average Bonchev–Trinajstić information content (AvgIpc) is 2.71. The molecule has 0 spiro atoms. The topological polar surface area (TPSA) is 67.8 Å². The number of hydrogen-bond donors (Lipinski definition) is 0. The Kier molecular flexibility index (Phi) is 8.11. The number of fused-ring (bicyclic) bond motifs is 1. The monoisotopic (exact) mass is 548 g/mol. The van der Waals surface area contributed by atoms with Crippen molar-refractivity contribution in [2.24, 2.45) is 0 Å². The number of carbonyl (C=O) groups is 1. The fourth-order valence-corrected chi connectivity index (χ4v) is 4.57. The summed E-state index contributed by atoms with van der Waals surface area (Å²) in [5, 5.41) is 1.24. The van der Waals surface area contributed by atoms with Gasteiger partial charge in [0.05, 0.1) is 22.1 Å². The summed E-state index contributed by atoms with van der Waals surface area (Å²) in [6.07, 6.45) is -0.369. The molecule has 2 heterocycles. The number of halogens is 3. The molecule has 1 atom stereocenters. The van der Waals surface area contributed by atoms with Crippen LogP contribution >= 0.6 is 39.3 Å². The summed E-state index contributed by atoms with van der Waals surface area (Å²) in [4.78, 5) is 25.5. The van der Waals surface area contributed by atoms with Crippen molar-refractivity contribution >= 4 is 62.1 Å². The third kappa shape index (κ3) is 5.58. The zero-order valence-corrected chi connectivity index (χ0v) is 21.9. The van der Waals surface area contributed by atoms with Crippen molar-refractivity contribution in [1.82, 2.24) is 14.9 Å². The van der Waals surface area contributed by atoms with Crippen molar-refractivity contribution in [2.45, 2.75) is 44.5 Å². The Morgan fingerprint density at radius 3 is 2.72 bits per heavy atom. The van der Waals surface area contributed by atoms with Gasteiger partial charge in [0, 0.05) is 32.1 Å². The lowest BCUT2D eigenvalue weighted by Crippen LogP contribution is -2.57. The molecule has 176 valence electrons. The first kappa shape index (κ1) is 25.3. The number of ether oxygens (including phenoxy) is 2. The Morgan fingerprint density at radius 2 is 2.09 bits per heavy atom. The van der Waals surface area contributed by atoms with E-state index in [-0.39, 0.29) is 27.1 Å². The van der Waals surface area contributed by atoms with Crippen LogP contribution in [0.2, 0.25) is 5.02 Å². The minimum atomic E-state index is -0.582. The van der Waals surface area contributed by atoms with Crippen molar-refractivity contribution in [3.8, 4) is 0 Å². The van der Waals surface area contributed by atoms with Crippen LogP contribution < -0.4 is 4.90 Å². The number of anilines is 1. The minimum absolute atomic E-state index is 0.173. The molecule has 1 fully saturated rings. The predicted molar refractivity (Wildman–Crippen MR) is 129 cm³/mol. The van der Waals surface area contributed by atoms with E-state index in [0.29, 0.717) is 42.6 Å². The fourth-order valence-electron chi connectivity index (χ4n) is 3.51. The van der Waals surface area contributed by atoms with E-state index in [1.807, 2.05) is 32.6 Å². The fraction of sp³-hybridized carbons (Fsp3) is 0.571. The van der Waals surface area contributed by atoms with Crippen LogP contribution in [-0.4, -0.2) is 71.7 Å². The summed E-state index contributed by atoms with van der Waals surface area (Å²) < 4.78 is 26.2. The van der Waals surface area contributed by atoms with Gasteiger partial charge in [-0.05, 0) is 48.5 Å². The Labute approximate surface area is 205 Å². The van der Waals surface area contributed by atoms with Crippen LogP contribution in [0.5, 0.6) is 0 Å². The summed E-state index contributed by atoms with van der Waals surface area (Å²) in [6, 6.07) is 1.47. The SMILES string of the molecule is CCSc1nc(N2CCN(C(=O)OC(C)(C)C)CC2COC)c2cc(Cl)c(Br)c(F)c2n1. The third-order valence-corrected chi connectivity index (χ3v) is 6.86. The lowest BCUT2D eigenvalue weighted by atomic mass is 10.1. The van der Waals surface area contributed by atoms with Crippen LogP contribution in [0, 0.1) is 5.82 Å². The van der Waals surface area contributed by atoms with Crippen LogP contribution in [0.25, 0.3) is 10.9 Å². The highest BCUT2D eigenvalue weighted by Crippen LogP contribution is 2.37. The van der Waals surface area contributed by atoms with Gasteiger partial charge in [-0.2, -0.15) is 0 Å². The minimum Gasteiger partial charge on any atom is -0.444 e. The molecule has 1 aliphatic heterocycles. The number of benzene rings is 1. The number of piperazine rings is 1. The second kappa shape index (κ2) is 10.3. The molecule has 1 saturated heterocycles. The van der Waals surface area contributed by atoms with Gasteiger partial charge in [0.25, 0.3) is 0 Å². The van der Waals surface area contributed by atoms with Crippen LogP contribution in [0.1, 0.15) is 27.7 Å². The number of thioether (sulfide) groups is 1. The molecule has 0 bridgehead atoms. The molecular formula is C21H27BrClFN4O3S. The maximum Gasteiger partial charge on any atom is 0.410 e. The van der Waals surface area contributed by atoms with Gasteiger partial charge in [-0.3, -0.25) is 0 Å². The molecule has 1 amide bonds. The second-order valence-electron chi connectivity index (χ2n) is 8.37. The van der Waals surface area contributed by atoms with E-state index in [4.69, 9.17) is 26.1 Å². The highest BCUT2D eigenvalue weighted by atomic mass is 79.9. The molecule has 1 aromatic carbocycles. The van der Waals surface area contributed by atoms with Crippen LogP contribution in [0.4, 0.5) is 15.0 Å². The summed E-state index contributed by atoms with van der Waals surface area (Å²) in [7, 11) is 1.61. The molecule has 7 nitrogen and oxygen atoms in total. The van der Waals surface area contributed by atoms with Crippen molar-refractivity contribution in [3.05, 3.63) is 21.4 Å². The molecule has 1 aromatic heterocycles. The number of rotatable bonds is 5. The first-order valence-corrected chi connectivity index (χ1v) is 12.4. The standard InChI is InChI=1S/C21H27BrClFN4O3S/c1-6-32-19-25-17-13(9-14(23)15(22)16(17)24)18(26-19)28-8-7-27(10-12(28)11-30-5)20(29)31-21(2,3)4/h9,12H,6-8,10-11H2,1-5H3. The van der Waals surface area contributed by atoms with Crippen molar-refractivity contribution in [2.75, 3.05) is 44.0 Å². The summed E-state index contributed by atoms with van der Waals surface area (Å²) in [6.45, 7) is 9.15. The molecule has 0 saturated carbocycles. The Balaban J connectivity index is 2.03. The molecule has 32 heavy (non-hydrogen) atoms. The molecular weight excluding hydrogens is 523 g/mol. The van der Waals surface area contributed by atoms with Gasteiger partial charge >= 0.3 is 6.09 Å². The van der Waals surface area contributed by atoms with E-state index >= 15 is 4.39 Å². The number of carbonyl (C=O) groups excluding carboxylic acids is 1. The molecule has 1 unspecified atom stereocenters. The van der Waals surface area contributed by atoms with Gasteiger partial charge < -0.3 is 19.3 Å². The number of methoxy groups -OCH3 is 1. The first-order chi connectivity index (χ1) is 15.1. The van der Waals surface area contributed by atoms with E-state index in [2.05, 4.69) is 20.9 Å². The van der Waals surface area contributed by atoms with Gasteiger partial charge in [-0.25, -0.2) is 19.2 Å². The maximum absolute atomic E-state index is 15.1. The second-order valence-corrected chi connectivity index (χ2v) is 10.8. The summed E-state index contributed by atoms with van der Waals surface area (Å²) >= 11 is 10.9. The normalized spacial score (nSPS) is 17.2. The maximum atomic E-state index is 15.1. The predicted octanol–water partition coefficient (Wildman–Crippen LogP) is 5.37. The quantitative estimate of drug-likeness (QED) is 0.282. The number of nitrogens with zero attached hydrogens (tertiary/aromatic N) is 4. The van der Waals surface area contributed by atoms with Gasteiger partial charge in [-0.15, -0.1) is 0 Å². The van der Waals surface area contributed by atoms with Gasteiger partial charge in [-0.1, -0.05) is 30.3 Å². The van der Waals surface area contributed by atoms with Gasteiger partial charge in [0.1, 0.15) is 16.9 Å². The molecule has 2 aromatic rings. The summed E-state index contributed by atoms with van der Waals surface area (Å²) in [5.74, 6) is 0.796. The lowest BCUT2D eigenvalue weighted by molar-refractivity contribution is 0.0186. The number of amides is 1. The zero-order valence-electron chi connectivity index (χ0n) is 18.7. The third-order valence-electron chi connectivity index (χ3n) is 4.83. The van der Waals surface area contributed by atoms with Crippen molar-refractivity contribution < 1.29 is 18.7 Å². The highest BCUT2D eigenvalue weighted by Gasteiger charge is 2.34. The molecule has 0 N–H and O–H groups in total. The average molecular weight is 550 g/mol. The van der Waals surface area contributed by atoms with Crippen LogP contribution in [0.15, 0.2) is 15.7 Å². The van der Waals surface area contributed by atoms with E-state index in [1.165, 1.54) is 11.8 Å². The van der Waals surface area contributed by atoms with E-state index < -0.39 is 11.4 Å².